The third-order valence-corrected chi connectivity index (χ3v) is 1.49. The summed E-state index contributed by atoms with van der Waals surface area (Å²) in [6.07, 6.45) is 1.94. The molecule has 1 aromatic carbocycles. The van der Waals surface area contributed by atoms with Gasteiger partial charge in [0.1, 0.15) is 0 Å². The third-order valence-electron chi connectivity index (χ3n) is 1.49. The van der Waals surface area contributed by atoms with Crippen LogP contribution in [-0.4, -0.2) is 0 Å². The molecule has 64 valence electrons. The van der Waals surface area contributed by atoms with Gasteiger partial charge in [0.15, 0.2) is 0 Å². The maximum atomic E-state index is 11.0. The molecule has 0 aromatic heterocycles. The van der Waals surface area contributed by atoms with Gasteiger partial charge in [0.2, 0.25) is 0 Å². The Hall–Kier alpha value is 0.193. The van der Waals surface area contributed by atoms with Crippen molar-refractivity contribution < 1.29 is 43.7 Å². The van der Waals surface area contributed by atoms with Gasteiger partial charge < -0.3 is 17.5 Å². The van der Waals surface area contributed by atoms with E-state index in [0.717, 1.165) is 18.4 Å². The number of rotatable bonds is 2. The van der Waals surface area contributed by atoms with Gasteiger partial charge >= 0.3 is 26.2 Å². The minimum Gasteiger partial charge on any atom is -1.00 e. The smallest absolute Gasteiger partial charge is 1.00 e. The van der Waals surface area contributed by atoms with Crippen molar-refractivity contribution in [1.29, 1.82) is 0 Å². The van der Waals surface area contributed by atoms with Crippen LogP contribution in [0.15, 0.2) is 24.3 Å². The Balaban J connectivity index is 0. The van der Waals surface area contributed by atoms with Gasteiger partial charge in [0.05, 0.1) is 0 Å². The zero-order valence-corrected chi connectivity index (χ0v) is 10.2. The van der Waals surface area contributed by atoms with E-state index in [1.165, 1.54) is 0 Å². The third kappa shape index (κ3) is 4.28. The fourth-order valence-corrected chi connectivity index (χ4v) is 0.980. The molecule has 1 nitrogen and oxygen atoms in total. The number of hydrogen-bond donors (Lipinski definition) is 0. The van der Waals surface area contributed by atoms with Crippen LogP contribution < -0.4 is 17.5 Å². The molecule has 0 amide bonds. The van der Waals surface area contributed by atoms with Crippen molar-refractivity contribution in [2.24, 2.45) is 0 Å². The van der Waals surface area contributed by atoms with E-state index >= 15 is 0 Å². The van der Waals surface area contributed by atoms with Crippen molar-refractivity contribution in [3.8, 4) is 5.75 Å². The zero-order chi connectivity index (χ0) is 7.40. The van der Waals surface area contributed by atoms with Gasteiger partial charge in [-0.25, -0.2) is 0 Å². The second-order valence-corrected chi connectivity index (χ2v) is 2.36. The standard InChI is InChI=1S/C9H12O.ClH.Zr/c1-2-5-8-6-3-4-7-9(8)10;;/h3-4,6-7,10H,2,5H2,1H3;1H;/q;;+2/p-2. The van der Waals surface area contributed by atoms with Crippen LogP contribution in [0.1, 0.15) is 18.9 Å². The summed E-state index contributed by atoms with van der Waals surface area (Å²) in [5.74, 6) is 0.171. The van der Waals surface area contributed by atoms with Crippen LogP contribution in [0.4, 0.5) is 0 Å². The second-order valence-electron chi connectivity index (χ2n) is 2.36. The van der Waals surface area contributed by atoms with Crippen molar-refractivity contribution in [2.45, 2.75) is 19.8 Å². The van der Waals surface area contributed by atoms with Gasteiger partial charge in [0, 0.05) is 0 Å². The minimum absolute atomic E-state index is 0. The first kappa shape index (κ1) is 14.7. The molecule has 0 N–H and O–H groups in total. The molecule has 1 rings (SSSR count). The Morgan fingerprint density at radius 3 is 2.33 bits per heavy atom. The Kier molecular flexibility index (Phi) is 9.58. The molecule has 1 aromatic rings. The van der Waals surface area contributed by atoms with E-state index in [9.17, 15) is 5.11 Å². The van der Waals surface area contributed by atoms with E-state index in [-0.39, 0.29) is 44.4 Å². The Labute approximate surface area is 98.7 Å². The molecule has 0 heterocycles. The Bertz CT molecular complexity index is 215. The quantitative estimate of drug-likeness (QED) is 0.650. The zero-order valence-electron chi connectivity index (χ0n) is 7.01. The van der Waals surface area contributed by atoms with Gasteiger partial charge in [-0.15, -0.1) is 5.75 Å². The molecular formula is C9H11ClOZr. The predicted octanol–water partition coefficient (Wildman–Crippen LogP) is -1.29. The van der Waals surface area contributed by atoms with Crippen LogP contribution >= 0.6 is 0 Å². The summed E-state index contributed by atoms with van der Waals surface area (Å²) in [6, 6.07) is 7.20. The first-order valence-electron chi connectivity index (χ1n) is 3.59. The van der Waals surface area contributed by atoms with E-state index in [1.54, 1.807) is 12.1 Å². The van der Waals surface area contributed by atoms with E-state index in [0.29, 0.717) is 0 Å². The minimum atomic E-state index is 0. The number of para-hydroxylation sites is 1. The summed E-state index contributed by atoms with van der Waals surface area (Å²) in [5.41, 5.74) is 0.935. The molecule has 0 aliphatic heterocycles. The molecule has 0 unspecified atom stereocenters. The van der Waals surface area contributed by atoms with Gasteiger partial charge in [0.25, 0.3) is 0 Å². The van der Waals surface area contributed by atoms with Crippen molar-refractivity contribution in [3.63, 3.8) is 0 Å². The van der Waals surface area contributed by atoms with Crippen LogP contribution in [0, 0.1) is 0 Å². The summed E-state index contributed by atoms with van der Waals surface area (Å²) in [5, 5.41) is 11.0. The first-order chi connectivity index (χ1) is 4.84. The Morgan fingerprint density at radius 2 is 1.83 bits per heavy atom. The second kappa shape index (κ2) is 7.82. The summed E-state index contributed by atoms with van der Waals surface area (Å²) in [6.45, 7) is 2.08. The SMILES string of the molecule is CCCc1ccccc1[O-].[Cl-].[Zr+2]. The molecule has 0 aliphatic carbocycles. The van der Waals surface area contributed by atoms with Crippen LogP contribution in [0.25, 0.3) is 0 Å². The number of aryl methyl sites for hydroxylation is 1. The molecule has 0 saturated carbocycles. The molecule has 0 aliphatic rings. The molecule has 0 fully saturated rings. The van der Waals surface area contributed by atoms with Crippen molar-refractivity contribution in [1.82, 2.24) is 0 Å². The monoisotopic (exact) mass is 260 g/mol. The van der Waals surface area contributed by atoms with Crippen molar-refractivity contribution >= 4 is 0 Å². The predicted molar refractivity (Wildman–Crippen MR) is 39.9 cm³/mol. The molecule has 0 spiro atoms. The van der Waals surface area contributed by atoms with Crippen molar-refractivity contribution in [3.05, 3.63) is 29.8 Å². The van der Waals surface area contributed by atoms with Crippen LogP contribution in [-0.2, 0) is 32.6 Å². The molecule has 0 radical (unpaired) electrons. The summed E-state index contributed by atoms with van der Waals surface area (Å²) in [4.78, 5) is 0. The number of halogens is 1. The van der Waals surface area contributed by atoms with E-state index < -0.39 is 0 Å². The van der Waals surface area contributed by atoms with Crippen LogP contribution in [0.2, 0.25) is 0 Å². The van der Waals surface area contributed by atoms with E-state index in [2.05, 4.69) is 6.92 Å². The first-order valence-corrected chi connectivity index (χ1v) is 3.59. The largest absolute Gasteiger partial charge is 2.00 e. The average Bonchev–Trinajstić information content (AvgIpc) is 1.94. The van der Waals surface area contributed by atoms with Gasteiger partial charge in [-0.3, -0.25) is 0 Å². The maximum absolute atomic E-state index is 11.0. The molecule has 0 saturated heterocycles. The summed E-state index contributed by atoms with van der Waals surface area (Å²) < 4.78 is 0. The molecule has 0 atom stereocenters. The Morgan fingerprint density at radius 1 is 1.25 bits per heavy atom. The topological polar surface area (TPSA) is 23.1 Å². The normalized spacial score (nSPS) is 8.08. The molecule has 3 heteroatoms. The summed E-state index contributed by atoms with van der Waals surface area (Å²) >= 11 is 0. The van der Waals surface area contributed by atoms with Gasteiger partial charge in [-0.2, -0.15) is 0 Å². The van der Waals surface area contributed by atoms with Crippen LogP contribution in [0.5, 0.6) is 5.75 Å². The molecule has 12 heavy (non-hydrogen) atoms. The maximum Gasteiger partial charge on any atom is 2.00 e. The summed E-state index contributed by atoms with van der Waals surface area (Å²) in [7, 11) is 0. The number of hydrogen-bond acceptors (Lipinski definition) is 1. The van der Waals surface area contributed by atoms with Gasteiger partial charge in [-0.1, -0.05) is 43.2 Å². The average molecular weight is 262 g/mol. The van der Waals surface area contributed by atoms with Crippen LogP contribution in [0.3, 0.4) is 0 Å². The number of benzene rings is 1. The molecular weight excluding hydrogens is 251 g/mol. The van der Waals surface area contributed by atoms with Gasteiger partial charge in [-0.05, 0) is 6.42 Å². The van der Waals surface area contributed by atoms with E-state index in [1.807, 2.05) is 12.1 Å². The molecule has 0 bridgehead atoms. The fraction of sp³-hybridized carbons (Fsp3) is 0.333. The van der Waals surface area contributed by atoms with Crippen molar-refractivity contribution in [2.75, 3.05) is 0 Å². The fourth-order valence-electron chi connectivity index (χ4n) is 0.980. The van der Waals surface area contributed by atoms with E-state index in [4.69, 9.17) is 0 Å².